The van der Waals surface area contributed by atoms with E-state index in [-0.39, 0.29) is 23.0 Å². The van der Waals surface area contributed by atoms with Gasteiger partial charge in [-0.05, 0) is 62.7 Å². The third kappa shape index (κ3) is 7.05. The van der Waals surface area contributed by atoms with Crippen molar-refractivity contribution in [2.24, 2.45) is 0 Å². The van der Waals surface area contributed by atoms with Crippen molar-refractivity contribution in [3.63, 3.8) is 0 Å². The molecule has 0 unspecified atom stereocenters. The highest BCUT2D eigenvalue weighted by molar-refractivity contribution is 7.92. The lowest BCUT2D eigenvalue weighted by molar-refractivity contribution is -0.139. The second kappa shape index (κ2) is 13.3. The molecule has 1 N–H and O–H groups in total. The molecule has 0 aliphatic rings. The van der Waals surface area contributed by atoms with Crippen LogP contribution in [0.1, 0.15) is 26.3 Å². The molecule has 0 saturated heterocycles. The molecule has 3 aromatic rings. The number of carbonyl (C=O) groups excluding carboxylic acids is 2. The van der Waals surface area contributed by atoms with E-state index < -0.39 is 28.5 Å². The lowest BCUT2D eigenvalue weighted by Gasteiger charge is -2.32. The minimum Gasteiger partial charge on any atom is -0.492 e. The molecule has 1 atom stereocenters. The Morgan fingerprint density at radius 2 is 1.66 bits per heavy atom. The van der Waals surface area contributed by atoms with Gasteiger partial charge in [0.1, 0.15) is 18.3 Å². The van der Waals surface area contributed by atoms with Crippen LogP contribution in [0.25, 0.3) is 0 Å². The monoisotopic (exact) mass is 557 g/mol. The van der Waals surface area contributed by atoms with E-state index in [9.17, 15) is 18.0 Å². The Balaban J connectivity index is 2.07. The number of para-hydroxylation sites is 2. The van der Waals surface area contributed by atoms with Gasteiger partial charge in [-0.15, -0.1) is 0 Å². The molecule has 0 radical (unpaired) electrons. The first-order valence-electron chi connectivity index (χ1n) is 12.3. The molecular weight excluding hydrogens is 526 g/mol. The molecular formula is C28H32ClN3O5S. The number of carbonyl (C=O) groups is 2. The fourth-order valence-electron chi connectivity index (χ4n) is 3.91. The Kier molecular flexibility index (Phi) is 10.2. The van der Waals surface area contributed by atoms with E-state index in [1.165, 1.54) is 17.0 Å². The first-order chi connectivity index (χ1) is 18.2. The topological polar surface area (TPSA) is 96.0 Å². The van der Waals surface area contributed by atoms with Crippen LogP contribution in [0.3, 0.4) is 0 Å². The second-order valence-corrected chi connectivity index (χ2v) is 10.7. The maximum Gasteiger partial charge on any atom is 0.264 e. The van der Waals surface area contributed by atoms with E-state index in [0.29, 0.717) is 29.5 Å². The Bertz CT molecular complexity index is 1350. The van der Waals surface area contributed by atoms with Gasteiger partial charge in [0.25, 0.3) is 10.0 Å². The average Bonchev–Trinajstić information content (AvgIpc) is 2.91. The number of ether oxygens (including phenoxy) is 1. The van der Waals surface area contributed by atoms with Crippen LogP contribution in [0.2, 0.25) is 5.02 Å². The predicted octanol–water partition coefficient (Wildman–Crippen LogP) is 4.49. The van der Waals surface area contributed by atoms with Crippen LogP contribution in [-0.4, -0.2) is 50.9 Å². The summed E-state index contributed by atoms with van der Waals surface area (Å²) in [7, 11) is -4.18. The molecule has 0 heterocycles. The molecule has 3 rings (SSSR count). The number of likely N-dealkylation sites (N-methyl/N-ethyl adjacent to an activating group) is 1. The molecule has 3 aromatic carbocycles. The summed E-state index contributed by atoms with van der Waals surface area (Å²) in [6.45, 7) is 5.39. The van der Waals surface area contributed by atoms with Gasteiger partial charge >= 0.3 is 0 Å². The highest BCUT2D eigenvalue weighted by atomic mass is 35.5. The molecule has 0 aliphatic heterocycles. The average molecular weight is 558 g/mol. The van der Waals surface area contributed by atoms with Crippen molar-refractivity contribution >= 4 is 39.1 Å². The van der Waals surface area contributed by atoms with Crippen LogP contribution >= 0.6 is 11.6 Å². The Morgan fingerprint density at radius 3 is 2.32 bits per heavy atom. The van der Waals surface area contributed by atoms with E-state index in [1.807, 2.05) is 0 Å². The van der Waals surface area contributed by atoms with Crippen molar-refractivity contribution in [2.45, 2.75) is 38.3 Å². The number of halogens is 1. The number of nitrogens with zero attached hydrogens (tertiary/aromatic N) is 2. The summed E-state index contributed by atoms with van der Waals surface area (Å²) >= 11 is 6.15. The highest BCUT2D eigenvalue weighted by Gasteiger charge is 2.33. The third-order valence-corrected chi connectivity index (χ3v) is 7.81. The van der Waals surface area contributed by atoms with Gasteiger partial charge < -0.3 is 15.0 Å². The molecule has 2 amide bonds. The van der Waals surface area contributed by atoms with Crippen molar-refractivity contribution < 1.29 is 22.7 Å². The van der Waals surface area contributed by atoms with E-state index in [2.05, 4.69) is 5.32 Å². The number of hydrogen-bond donors (Lipinski definition) is 1. The summed E-state index contributed by atoms with van der Waals surface area (Å²) in [6.07, 6.45) is 0. The standard InChI is InChI=1S/C28H32ClN3O5S/c1-4-30-28(34)21(3)31(19-22-12-11-13-23(29)18-22)27(33)20-32(25-16-9-10-17-26(25)37-5-2)38(35,36)24-14-7-6-8-15-24/h6-18,21H,4-5,19-20H2,1-3H3,(H,30,34)/t21-/m1/s1. The van der Waals surface area contributed by atoms with Crippen molar-refractivity contribution in [3.8, 4) is 5.75 Å². The van der Waals surface area contributed by atoms with Gasteiger partial charge in [0.05, 0.1) is 17.2 Å². The van der Waals surface area contributed by atoms with E-state index in [0.717, 1.165) is 4.31 Å². The molecule has 202 valence electrons. The molecule has 38 heavy (non-hydrogen) atoms. The van der Waals surface area contributed by atoms with Gasteiger partial charge in [-0.2, -0.15) is 0 Å². The lowest BCUT2D eigenvalue weighted by atomic mass is 10.1. The first-order valence-corrected chi connectivity index (χ1v) is 14.1. The third-order valence-electron chi connectivity index (χ3n) is 5.80. The van der Waals surface area contributed by atoms with Crippen LogP contribution in [0.4, 0.5) is 5.69 Å². The summed E-state index contributed by atoms with van der Waals surface area (Å²) < 4.78 is 34.5. The minimum absolute atomic E-state index is 0.0252. The van der Waals surface area contributed by atoms with Gasteiger partial charge in [0.15, 0.2) is 0 Å². The predicted molar refractivity (Wildman–Crippen MR) is 149 cm³/mol. The smallest absolute Gasteiger partial charge is 0.264 e. The molecule has 0 fully saturated rings. The second-order valence-electron chi connectivity index (χ2n) is 8.45. The zero-order valence-corrected chi connectivity index (χ0v) is 23.2. The zero-order chi connectivity index (χ0) is 27.7. The van der Waals surface area contributed by atoms with Crippen molar-refractivity contribution in [1.82, 2.24) is 10.2 Å². The largest absolute Gasteiger partial charge is 0.492 e. The van der Waals surface area contributed by atoms with Crippen LogP contribution in [-0.2, 0) is 26.2 Å². The van der Waals surface area contributed by atoms with Crippen LogP contribution in [0.5, 0.6) is 5.75 Å². The Hall–Kier alpha value is -3.56. The maximum atomic E-state index is 13.9. The molecule has 0 aliphatic carbocycles. The normalized spacial score (nSPS) is 11.9. The summed E-state index contributed by atoms with van der Waals surface area (Å²) in [4.78, 5) is 28.0. The molecule has 0 bridgehead atoms. The van der Waals surface area contributed by atoms with Gasteiger partial charge in [0, 0.05) is 18.1 Å². The number of anilines is 1. The first kappa shape index (κ1) is 29.0. The van der Waals surface area contributed by atoms with Crippen molar-refractivity contribution in [3.05, 3.63) is 89.4 Å². The molecule has 0 aromatic heterocycles. The van der Waals surface area contributed by atoms with Crippen molar-refractivity contribution in [1.29, 1.82) is 0 Å². The summed E-state index contributed by atoms with van der Waals surface area (Å²) in [5.74, 6) is -0.593. The van der Waals surface area contributed by atoms with Gasteiger partial charge in [0.2, 0.25) is 11.8 Å². The lowest BCUT2D eigenvalue weighted by Crippen LogP contribution is -2.51. The summed E-state index contributed by atoms with van der Waals surface area (Å²) in [5, 5.41) is 3.22. The maximum absolute atomic E-state index is 13.9. The molecule has 10 heteroatoms. The number of nitrogens with one attached hydrogen (secondary N) is 1. The summed E-state index contributed by atoms with van der Waals surface area (Å²) in [5.41, 5.74) is 0.925. The van der Waals surface area contributed by atoms with Crippen molar-refractivity contribution in [2.75, 3.05) is 24.0 Å². The highest BCUT2D eigenvalue weighted by Crippen LogP contribution is 2.32. The number of sulfonamides is 1. The molecule has 0 saturated carbocycles. The number of amides is 2. The fraction of sp³-hybridized carbons (Fsp3) is 0.286. The van der Waals surface area contributed by atoms with Gasteiger partial charge in [-0.1, -0.05) is 54.1 Å². The van der Waals surface area contributed by atoms with Crippen LogP contribution in [0, 0.1) is 0 Å². The Morgan fingerprint density at radius 1 is 0.974 bits per heavy atom. The van der Waals surface area contributed by atoms with Gasteiger partial charge in [-0.25, -0.2) is 8.42 Å². The fourth-order valence-corrected chi connectivity index (χ4v) is 5.57. The number of hydrogen-bond acceptors (Lipinski definition) is 5. The minimum atomic E-state index is -4.18. The molecule has 0 spiro atoms. The quantitative estimate of drug-likeness (QED) is 0.354. The van der Waals surface area contributed by atoms with Gasteiger partial charge in [-0.3, -0.25) is 13.9 Å². The van der Waals surface area contributed by atoms with Crippen LogP contribution in [0.15, 0.2) is 83.8 Å². The molecule has 8 nitrogen and oxygen atoms in total. The SMILES string of the molecule is CCNC(=O)[C@@H](C)N(Cc1cccc(Cl)c1)C(=O)CN(c1ccccc1OCC)S(=O)(=O)c1ccccc1. The van der Waals surface area contributed by atoms with E-state index in [1.54, 1.807) is 87.5 Å². The zero-order valence-electron chi connectivity index (χ0n) is 21.6. The van der Waals surface area contributed by atoms with E-state index in [4.69, 9.17) is 16.3 Å². The Labute approximate surface area is 229 Å². The number of rotatable bonds is 12. The van der Waals surface area contributed by atoms with E-state index >= 15 is 0 Å². The van der Waals surface area contributed by atoms with Crippen LogP contribution < -0.4 is 14.4 Å². The number of benzene rings is 3. The summed E-state index contributed by atoms with van der Waals surface area (Å²) in [6, 6.07) is 20.6.